The molecule has 3 aliphatic rings. The molecule has 3 aliphatic heterocycles. The van der Waals surface area contributed by atoms with Crippen LogP contribution in [0.3, 0.4) is 0 Å². The second kappa shape index (κ2) is 6.35. The molecule has 19 heteroatoms. The number of nitrogens with zero attached hydrogens (tertiary/aromatic N) is 3. The highest BCUT2D eigenvalue weighted by Gasteiger charge is 2.74. The van der Waals surface area contributed by atoms with Crippen LogP contribution in [-0.4, -0.2) is 101 Å². The molecule has 4 atom stereocenters. The Bertz CT molecular complexity index is 1010. The van der Waals surface area contributed by atoms with Crippen molar-refractivity contribution < 1.29 is 49.9 Å². The van der Waals surface area contributed by atoms with E-state index in [1.165, 1.54) is 0 Å². The predicted octanol–water partition coefficient (Wildman–Crippen LogP) is -5.47. The highest BCUT2D eigenvalue weighted by atomic mass is 32.3. The Morgan fingerprint density at radius 3 is 2.48 bits per heavy atom. The number of ether oxygens (including phenoxy) is 1. The first-order valence-corrected chi connectivity index (χ1v) is 10.3. The first-order valence-electron chi connectivity index (χ1n) is 7.55. The highest BCUT2D eigenvalue weighted by Crippen LogP contribution is 2.45. The van der Waals surface area contributed by atoms with Gasteiger partial charge in [0.05, 0.1) is 6.54 Å². The van der Waals surface area contributed by atoms with Gasteiger partial charge in [-0.05, 0) is 0 Å². The van der Waals surface area contributed by atoms with Crippen molar-refractivity contribution in [1.29, 1.82) is 0 Å². The second-order valence-electron chi connectivity index (χ2n) is 6.27. The zero-order valence-corrected chi connectivity index (χ0v) is 15.7. The molecule has 8 N–H and O–H groups in total. The number of guanidine groups is 2. The lowest BCUT2D eigenvalue weighted by atomic mass is 9.86. The van der Waals surface area contributed by atoms with Gasteiger partial charge in [0, 0.05) is 0 Å². The number of nitrogens with one attached hydrogen (secondary N) is 1. The molecule has 3 rings (SSSR count). The lowest BCUT2D eigenvalue weighted by molar-refractivity contribution is -0.252. The van der Waals surface area contributed by atoms with Crippen molar-refractivity contribution in [3.05, 3.63) is 0 Å². The Labute approximate surface area is 162 Å². The van der Waals surface area contributed by atoms with E-state index in [1.807, 2.05) is 0 Å². The van der Waals surface area contributed by atoms with Crippen LogP contribution >= 0.6 is 0 Å². The predicted molar refractivity (Wildman–Crippen MR) is 88.0 cm³/mol. The fourth-order valence-corrected chi connectivity index (χ4v) is 4.21. The first-order chi connectivity index (χ1) is 13.1. The van der Waals surface area contributed by atoms with Crippen molar-refractivity contribution in [2.45, 2.75) is 29.6 Å². The number of rotatable bonds is 4. The molecule has 0 bridgehead atoms. The van der Waals surface area contributed by atoms with Gasteiger partial charge in [-0.3, -0.25) is 4.55 Å². The number of hydrogen-bond acceptors (Lipinski definition) is 16. The lowest BCUT2D eigenvalue weighted by Gasteiger charge is -2.48. The molecule has 0 saturated carbocycles. The van der Waals surface area contributed by atoms with Gasteiger partial charge in [0.15, 0.2) is 33.8 Å². The number of hydrogen-bond donors (Lipinski definition) is 6. The van der Waals surface area contributed by atoms with Crippen LogP contribution in [0.2, 0.25) is 0 Å². The molecule has 0 amide bonds. The summed E-state index contributed by atoms with van der Waals surface area (Å²) in [6.07, 6.45) is -1.99. The number of carbonyl (C=O) groups is 1. The molecule has 1 fully saturated rings. The van der Waals surface area contributed by atoms with Crippen molar-refractivity contribution in [3.8, 4) is 0 Å². The number of nitrogens with two attached hydrogens (primary N) is 2. The molecule has 0 unspecified atom stereocenters. The number of aliphatic hydroxyl groups is 2. The van der Waals surface area contributed by atoms with E-state index in [0.29, 0.717) is 0 Å². The molecule has 0 aliphatic carbocycles. The monoisotopic (exact) mass is 459 g/mol. The Morgan fingerprint density at radius 2 is 1.93 bits per heavy atom. The fraction of sp³-hybridized carbons (Fsp3) is 0.700. The van der Waals surface area contributed by atoms with Gasteiger partial charge in [0.2, 0.25) is 5.79 Å². The number of carbonyl (C=O) groups excluding carboxylic acids is 1. The zero-order chi connectivity index (χ0) is 22.0. The number of aliphatic imine (C=N–C) groups is 2. The maximum atomic E-state index is 11.2. The van der Waals surface area contributed by atoms with Crippen molar-refractivity contribution in [3.63, 3.8) is 0 Å². The van der Waals surface area contributed by atoms with E-state index in [0.717, 1.165) is 4.90 Å². The van der Waals surface area contributed by atoms with Crippen LogP contribution in [-0.2, 0) is 29.4 Å². The fourth-order valence-electron chi connectivity index (χ4n) is 3.51. The van der Waals surface area contributed by atoms with E-state index in [2.05, 4.69) is 24.2 Å². The van der Waals surface area contributed by atoms with E-state index in [-0.39, 0.29) is 5.96 Å². The summed E-state index contributed by atoms with van der Waals surface area (Å²) < 4.78 is 71.7. The molecule has 1 saturated heterocycles. The molecule has 164 valence electrons. The lowest BCUT2D eigenvalue weighted by Crippen LogP contribution is -2.77. The van der Waals surface area contributed by atoms with E-state index in [4.69, 9.17) is 16.0 Å². The van der Waals surface area contributed by atoms with Crippen molar-refractivity contribution in [2.24, 2.45) is 21.5 Å². The summed E-state index contributed by atoms with van der Waals surface area (Å²) in [5.74, 6) is -3.94. The molecular weight excluding hydrogens is 444 g/mol. The van der Waals surface area contributed by atoms with E-state index in [1.54, 1.807) is 0 Å². The standard InChI is InChI=1S/C10H16N6O11S2/c11-6-14-5-3(2-26-8(17)28(20,21)22)13-7(12)16-1-4(27-29(23,24)25)10(18,19)9(5,16)15-6/h3-5,18-19H,1-2H2,(H2,12,13)(H3,11,14,15)(H,20,21,22)(H,23,24,25)/p-1/t3-,4+,5-,9-/m0/s1. The average molecular weight is 459 g/mol. The molecule has 3 heterocycles. The Hall–Kier alpha value is -2.29. The molecule has 0 aromatic rings. The third-order valence-electron chi connectivity index (χ3n) is 4.56. The van der Waals surface area contributed by atoms with Crippen LogP contribution in [0.5, 0.6) is 0 Å². The van der Waals surface area contributed by atoms with Crippen molar-refractivity contribution in [2.75, 3.05) is 13.2 Å². The van der Waals surface area contributed by atoms with Crippen LogP contribution in [0.25, 0.3) is 0 Å². The summed E-state index contributed by atoms with van der Waals surface area (Å²) in [5.41, 5.74) is 9.20. The van der Waals surface area contributed by atoms with Gasteiger partial charge in [-0.15, -0.1) is 0 Å². The summed E-state index contributed by atoms with van der Waals surface area (Å²) in [6.45, 7) is -1.49. The van der Waals surface area contributed by atoms with Gasteiger partial charge in [0.1, 0.15) is 18.7 Å². The Balaban J connectivity index is 1.99. The van der Waals surface area contributed by atoms with Gasteiger partial charge in [-0.25, -0.2) is 27.4 Å². The van der Waals surface area contributed by atoms with Crippen LogP contribution in [0.15, 0.2) is 9.98 Å². The second-order valence-corrected chi connectivity index (χ2v) is 8.56. The quantitative estimate of drug-likeness (QED) is 0.130. The SMILES string of the molecule is NC1=N[C@H]2[C@H](COC(=O)S(=O)(=O)[O-])N=C(N)N3C[C@@H](OS(=O)(=O)O)C(O)(O)[C@]23N1. The van der Waals surface area contributed by atoms with Gasteiger partial charge in [-0.1, -0.05) is 0 Å². The normalized spacial score (nSPS) is 33.2. The molecule has 29 heavy (non-hydrogen) atoms. The van der Waals surface area contributed by atoms with Gasteiger partial charge in [-0.2, -0.15) is 8.42 Å². The van der Waals surface area contributed by atoms with Crippen LogP contribution in [0.1, 0.15) is 0 Å². The van der Waals surface area contributed by atoms with Gasteiger partial charge >= 0.3 is 15.7 Å². The average Bonchev–Trinajstić information content (AvgIpc) is 3.00. The smallest absolute Gasteiger partial charge is 0.412 e. The minimum absolute atomic E-state index is 0.377. The zero-order valence-electron chi connectivity index (χ0n) is 14.1. The Kier molecular flexibility index (Phi) is 4.69. The molecule has 17 nitrogen and oxygen atoms in total. The van der Waals surface area contributed by atoms with Crippen LogP contribution < -0.4 is 16.8 Å². The van der Waals surface area contributed by atoms with E-state index >= 15 is 0 Å². The minimum Gasteiger partial charge on any atom is -0.739 e. The third kappa shape index (κ3) is 3.35. The largest absolute Gasteiger partial charge is 0.739 e. The topological polar surface area (TPSA) is 280 Å². The molecular formula is C10H15N6O11S2-. The van der Waals surface area contributed by atoms with Crippen LogP contribution in [0, 0.1) is 0 Å². The van der Waals surface area contributed by atoms with Crippen molar-refractivity contribution in [1.82, 2.24) is 10.2 Å². The molecule has 0 aromatic carbocycles. The summed E-state index contributed by atoms with van der Waals surface area (Å²) in [5, 5.41) is 21.7. The molecule has 0 radical (unpaired) electrons. The molecule has 0 aromatic heterocycles. The van der Waals surface area contributed by atoms with E-state index in [9.17, 15) is 36.4 Å². The van der Waals surface area contributed by atoms with Gasteiger partial charge in [0.25, 0.3) is 0 Å². The minimum atomic E-state index is -5.41. The highest BCUT2D eigenvalue weighted by molar-refractivity contribution is 8.00. The first kappa shape index (κ1) is 21.4. The summed E-state index contributed by atoms with van der Waals surface area (Å²) >= 11 is 0. The molecule has 1 spiro atoms. The maximum Gasteiger partial charge on any atom is 0.412 e. The summed E-state index contributed by atoms with van der Waals surface area (Å²) in [6, 6.07) is -2.80. The van der Waals surface area contributed by atoms with Crippen LogP contribution in [0.4, 0.5) is 4.79 Å². The van der Waals surface area contributed by atoms with Gasteiger partial charge < -0.3 is 41.2 Å². The summed E-state index contributed by atoms with van der Waals surface area (Å²) in [4.78, 5) is 20.0. The van der Waals surface area contributed by atoms with E-state index < -0.39 is 74.6 Å². The Morgan fingerprint density at radius 1 is 1.31 bits per heavy atom. The third-order valence-corrected chi connectivity index (χ3v) is 5.56. The van der Waals surface area contributed by atoms with Crippen molar-refractivity contribution >= 4 is 37.7 Å². The maximum absolute atomic E-state index is 11.2. The summed E-state index contributed by atoms with van der Waals surface area (Å²) in [7, 11) is -10.5.